The van der Waals surface area contributed by atoms with Crippen molar-refractivity contribution in [3.05, 3.63) is 34.5 Å². The first-order valence-corrected chi connectivity index (χ1v) is 13.6. The van der Waals surface area contributed by atoms with Gasteiger partial charge in [-0.15, -0.1) is 0 Å². The number of carbonyl (C=O) groups is 3. The van der Waals surface area contributed by atoms with Gasteiger partial charge in [0.2, 0.25) is 11.8 Å². The van der Waals surface area contributed by atoms with Gasteiger partial charge in [0, 0.05) is 51.1 Å². The number of fused-ring (bicyclic) bond motifs is 1. The Morgan fingerprint density at radius 3 is 2.57 bits per heavy atom. The number of piperazine rings is 1. The first kappa shape index (κ1) is 23.9. The molecule has 2 aliphatic carbocycles. The fourth-order valence-electron chi connectivity index (χ4n) is 5.50. The number of nitrogens with one attached hydrogen (secondary N) is 1. The van der Waals surface area contributed by atoms with Crippen molar-refractivity contribution in [1.29, 1.82) is 0 Å². The number of amides is 2. The van der Waals surface area contributed by atoms with Crippen LogP contribution in [0.5, 0.6) is 0 Å². The number of thiazole rings is 1. The normalized spacial score (nSPS) is 21.1. The van der Waals surface area contributed by atoms with E-state index in [-0.39, 0.29) is 29.9 Å². The Kier molecular flexibility index (Phi) is 7.13. The van der Waals surface area contributed by atoms with Crippen LogP contribution in [0.15, 0.2) is 18.2 Å². The molecule has 1 saturated carbocycles. The lowest BCUT2D eigenvalue weighted by atomic mass is 9.87. The second-order valence-electron chi connectivity index (χ2n) is 10.0. The molecule has 2 aromatic heterocycles. The van der Waals surface area contributed by atoms with Gasteiger partial charge >= 0.3 is 0 Å². The van der Waals surface area contributed by atoms with E-state index >= 15 is 0 Å². The maximum absolute atomic E-state index is 13.3. The van der Waals surface area contributed by atoms with Gasteiger partial charge in [-0.25, -0.2) is 9.97 Å². The van der Waals surface area contributed by atoms with Crippen LogP contribution < -0.4 is 10.2 Å². The number of hydrogen-bond donors (Lipinski definition) is 1. The summed E-state index contributed by atoms with van der Waals surface area (Å²) < 4.78 is 0. The molecule has 2 amide bonds. The minimum atomic E-state index is -0.383. The molecule has 1 saturated heterocycles. The Morgan fingerprint density at radius 2 is 1.83 bits per heavy atom. The number of rotatable bonds is 5. The standard InChI is InChI=1S/C26H33N5O3S/c1-17-6-5-9-22(27-17)30-10-12-31(13-11-30)25(34)19-15-20-24(21(32)16-19)35-26(28-20)29-23(33)14-18-7-3-2-4-8-18/h5-6,9,18-19H,2-4,7-8,10-16H2,1H3,(H,28,29,33). The summed E-state index contributed by atoms with van der Waals surface area (Å²) in [5, 5.41) is 3.39. The van der Waals surface area contributed by atoms with E-state index in [2.05, 4.69) is 20.2 Å². The lowest BCUT2D eigenvalue weighted by molar-refractivity contribution is -0.136. The van der Waals surface area contributed by atoms with Gasteiger partial charge in [0.1, 0.15) is 5.82 Å². The number of nitrogens with zero attached hydrogens (tertiary/aromatic N) is 4. The molecule has 186 valence electrons. The minimum absolute atomic E-state index is 0.0240. The van der Waals surface area contributed by atoms with Crippen molar-refractivity contribution in [2.24, 2.45) is 11.8 Å². The van der Waals surface area contributed by atoms with Crippen molar-refractivity contribution >= 4 is 39.9 Å². The van der Waals surface area contributed by atoms with Crippen LogP contribution in [0.3, 0.4) is 0 Å². The number of ketones is 1. The monoisotopic (exact) mass is 495 g/mol. The molecule has 0 radical (unpaired) electrons. The molecule has 3 aliphatic rings. The van der Waals surface area contributed by atoms with Crippen molar-refractivity contribution in [3.8, 4) is 0 Å². The van der Waals surface area contributed by atoms with Crippen LogP contribution in [0.25, 0.3) is 0 Å². The Bertz CT molecular complexity index is 1100. The highest BCUT2D eigenvalue weighted by Crippen LogP contribution is 2.34. The van der Waals surface area contributed by atoms with Gasteiger partial charge in [-0.1, -0.05) is 36.7 Å². The van der Waals surface area contributed by atoms with Crippen LogP contribution in [-0.2, 0) is 16.0 Å². The maximum atomic E-state index is 13.3. The average Bonchev–Trinajstić information content (AvgIpc) is 3.27. The van der Waals surface area contributed by atoms with Crippen LogP contribution in [0, 0.1) is 18.8 Å². The van der Waals surface area contributed by atoms with Crippen molar-refractivity contribution < 1.29 is 14.4 Å². The fraction of sp³-hybridized carbons (Fsp3) is 0.577. The van der Waals surface area contributed by atoms with E-state index in [1.54, 1.807) is 0 Å². The molecule has 1 unspecified atom stereocenters. The van der Waals surface area contributed by atoms with Crippen LogP contribution in [0.4, 0.5) is 10.9 Å². The average molecular weight is 496 g/mol. The molecule has 1 N–H and O–H groups in total. The smallest absolute Gasteiger partial charge is 0.226 e. The van der Waals surface area contributed by atoms with Crippen molar-refractivity contribution in [3.63, 3.8) is 0 Å². The van der Waals surface area contributed by atoms with Gasteiger partial charge in [-0.3, -0.25) is 14.4 Å². The number of anilines is 2. The zero-order chi connectivity index (χ0) is 24.4. The van der Waals surface area contributed by atoms with E-state index in [9.17, 15) is 14.4 Å². The van der Waals surface area contributed by atoms with Gasteiger partial charge in [-0.2, -0.15) is 0 Å². The topological polar surface area (TPSA) is 95.5 Å². The summed E-state index contributed by atoms with van der Waals surface area (Å²) in [5.41, 5.74) is 1.63. The van der Waals surface area contributed by atoms with Gasteiger partial charge in [0.15, 0.2) is 10.9 Å². The lowest BCUT2D eigenvalue weighted by Gasteiger charge is -2.37. The molecule has 1 aliphatic heterocycles. The minimum Gasteiger partial charge on any atom is -0.353 e. The Labute approximate surface area is 210 Å². The summed E-state index contributed by atoms with van der Waals surface area (Å²) in [6.45, 7) is 4.66. The van der Waals surface area contributed by atoms with E-state index in [1.165, 1.54) is 30.6 Å². The summed E-state index contributed by atoms with van der Waals surface area (Å²) in [6.07, 6.45) is 7.07. The predicted octanol–water partition coefficient (Wildman–Crippen LogP) is 3.85. The number of Topliss-reactive ketones (excluding diaryl/α,β-unsaturated/α-hetero) is 1. The number of carbonyl (C=O) groups excluding carboxylic acids is 3. The van der Waals surface area contributed by atoms with E-state index in [0.29, 0.717) is 47.6 Å². The fourth-order valence-corrected chi connectivity index (χ4v) is 6.46. The molecular weight excluding hydrogens is 462 g/mol. The third-order valence-electron chi connectivity index (χ3n) is 7.41. The zero-order valence-corrected chi connectivity index (χ0v) is 21.1. The summed E-state index contributed by atoms with van der Waals surface area (Å²) in [7, 11) is 0. The molecule has 2 aromatic rings. The third-order valence-corrected chi connectivity index (χ3v) is 8.46. The number of aryl methyl sites for hydroxylation is 1. The molecule has 0 bridgehead atoms. The van der Waals surface area contributed by atoms with E-state index in [1.807, 2.05) is 30.0 Å². The first-order chi connectivity index (χ1) is 17.0. The number of hydrogen-bond acceptors (Lipinski definition) is 7. The summed E-state index contributed by atoms with van der Waals surface area (Å²) in [5.74, 6) is 0.962. The van der Waals surface area contributed by atoms with Crippen molar-refractivity contribution in [2.75, 3.05) is 36.4 Å². The Hall–Kier alpha value is -2.81. The quantitative estimate of drug-likeness (QED) is 0.677. The number of pyridine rings is 1. The highest BCUT2D eigenvalue weighted by molar-refractivity contribution is 7.17. The number of aromatic nitrogens is 2. The van der Waals surface area contributed by atoms with Gasteiger partial charge in [0.05, 0.1) is 16.5 Å². The highest BCUT2D eigenvalue weighted by atomic mass is 32.1. The lowest BCUT2D eigenvalue weighted by Crippen LogP contribution is -2.51. The van der Waals surface area contributed by atoms with Gasteiger partial charge in [-0.05, 0) is 37.8 Å². The molecular formula is C26H33N5O3S. The highest BCUT2D eigenvalue weighted by Gasteiger charge is 2.36. The molecule has 35 heavy (non-hydrogen) atoms. The molecule has 8 nitrogen and oxygen atoms in total. The van der Waals surface area contributed by atoms with E-state index in [0.717, 1.165) is 37.4 Å². The largest absolute Gasteiger partial charge is 0.353 e. The van der Waals surface area contributed by atoms with Crippen molar-refractivity contribution in [1.82, 2.24) is 14.9 Å². The molecule has 2 fully saturated rings. The van der Waals surface area contributed by atoms with Gasteiger partial charge in [0.25, 0.3) is 0 Å². The second-order valence-corrected chi connectivity index (χ2v) is 11.0. The van der Waals surface area contributed by atoms with E-state index in [4.69, 9.17) is 0 Å². The first-order valence-electron chi connectivity index (χ1n) is 12.8. The van der Waals surface area contributed by atoms with Crippen molar-refractivity contribution in [2.45, 2.75) is 58.3 Å². The van der Waals surface area contributed by atoms with E-state index < -0.39 is 0 Å². The molecule has 3 heterocycles. The third kappa shape index (κ3) is 5.55. The molecule has 0 spiro atoms. The van der Waals surface area contributed by atoms with Crippen LogP contribution in [0.1, 0.15) is 66.0 Å². The summed E-state index contributed by atoms with van der Waals surface area (Å²) in [4.78, 5) is 52.4. The second kappa shape index (κ2) is 10.4. The Balaban J connectivity index is 1.17. The maximum Gasteiger partial charge on any atom is 0.226 e. The molecule has 9 heteroatoms. The SMILES string of the molecule is Cc1cccc(N2CCN(C(=O)C3CC(=O)c4sc(NC(=O)CC5CCCCC5)nc4C3)CC2)n1. The Morgan fingerprint density at radius 1 is 1.06 bits per heavy atom. The van der Waals surface area contributed by atoms with Gasteiger partial charge < -0.3 is 15.1 Å². The molecule has 0 aromatic carbocycles. The predicted molar refractivity (Wildman–Crippen MR) is 136 cm³/mol. The molecule has 5 rings (SSSR count). The summed E-state index contributed by atoms with van der Waals surface area (Å²) in [6, 6.07) is 5.98. The summed E-state index contributed by atoms with van der Waals surface area (Å²) >= 11 is 1.25. The zero-order valence-electron chi connectivity index (χ0n) is 20.3. The van der Waals surface area contributed by atoms with Crippen LogP contribution in [0.2, 0.25) is 0 Å². The molecule has 1 atom stereocenters. The van der Waals surface area contributed by atoms with Crippen LogP contribution >= 0.6 is 11.3 Å². The van der Waals surface area contributed by atoms with Crippen LogP contribution in [-0.4, -0.2) is 58.6 Å².